The summed E-state index contributed by atoms with van der Waals surface area (Å²) >= 11 is 0. The number of rotatable bonds is 44. The summed E-state index contributed by atoms with van der Waals surface area (Å²) in [4.78, 5) is 47.5. The molecule has 0 aliphatic rings. The van der Waals surface area contributed by atoms with E-state index >= 15 is 0 Å². The van der Waals surface area contributed by atoms with Crippen molar-refractivity contribution in [1.29, 1.82) is 0 Å². The number of unbranched alkanes of at least 4 members (excludes halogenated alkanes) is 30. The van der Waals surface area contributed by atoms with Gasteiger partial charge in [-0.05, 0) is 44.6 Å². The van der Waals surface area contributed by atoms with Gasteiger partial charge < -0.3 is 25.6 Å². The number of nitrogens with one attached hydrogen (secondary N) is 2. The predicted octanol–water partition coefficient (Wildman–Crippen LogP) is 12.2. The van der Waals surface area contributed by atoms with Crippen molar-refractivity contribution in [3.8, 4) is 0 Å². The van der Waals surface area contributed by atoms with Crippen LogP contribution in [-0.4, -0.2) is 59.3 Å². The molecule has 0 spiro atoms. The second kappa shape index (κ2) is 43.2. The first kappa shape index (κ1) is 54.6. The normalized spacial score (nSPS) is 12.5. The number of allylic oxidation sites excluding steroid dienone is 1. The summed E-state index contributed by atoms with van der Waals surface area (Å²) in [7, 11) is 0. The van der Waals surface area contributed by atoms with E-state index < -0.39 is 24.5 Å². The highest BCUT2D eigenvalue weighted by molar-refractivity contribution is 5.87. The summed E-state index contributed by atoms with van der Waals surface area (Å²) in [6, 6.07) is -1.38. The Balaban J connectivity index is 4.09. The number of carboxylic acid groups (broad SMARTS) is 1. The highest BCUT2D eigenvalue weighted by Gasteiger charge is 2.18. The Hall–Kier alpha value is -2.42. The molecule has 0 saturated carbocycles. The van der Waals surface area contributed by atoms with Crippen LogP contribution in [0.5, 0.6) is 0 Å². The Labute approximate surface area is 350 Å². The van der Waals surface area contributed by atoms with E-state index in [0.29, 0.717) is 19.3 Å². The molecule has 0 aromatic rings. The van der Waals surface area contributed by atoms with Crippen LogP contribution in [0.2, 0.25) is 0 Å². The van der Waals surface area contributed by atoms with Gasteiger partial charge in [-0.15, -0.1) is 0 Å². The number of hydrogen-bond acceptors (Lipinski definition) is 6. The minimum absolute atomic E-state index is 0.0718. The van der Waals surface area contributed by atoms with Crippen LogP contribution in [0.1, 0.15) is 245 Å². The molecular weight excluding hydrogens is 717 g/mol. The Kier molecular flexibility index (Phi) is 41.3. The van der Waals surface area contributed by atoms with Crippen LogP contribution >= 0.6 is 0 Å². The topological polar surface area (TPSA) is 142 Å². The van der Waals surface area contributed by atoms with Gasteiger partial charge in [0.25, 0.3) is 0 Å². The molecule has 0 saturated heterocycles. The quantitative estimate of drug-likeness (QED) is 0.0273. The molecule has 9 nitrogen and oxygen atoms in total. The van der Waals surface area contributed by atoms with E-state index in [9.17, 15) is 19.2 Å². The lowest BCUT2D eigenvalue weighted by Gasteiger charge is -2.15. The van der Waals surface area contributed by atoms with Gasteiger partial charge >= 0.3 is 11.9 Å². The third-order valence-electron chi connectivity index (χ3n) is 11.0. The monoisotopic (exact) mass is 807 g/mol. The van der Waals surface area contributed by atoms with Gasteiger partial charge in [-0.3, -0.25) is 14.4 Å². The van der Waals surface area contributed by atoms with Crippen molar-refractivity contribution in [3.05, 3.63) is 12.2 Å². The van der Waals surface area contributed by atoms with Gasteiger partial charge in [-0.1, -0.05) is 200 Å². The van der Waals surface area contributed by atoms with E-state index in [-0.39, 0.29) is 24.5 Å². The lowest BCUT2D eigenvalue weighted by Crippen LogP contribution is -2.47. The van der Waals surface area contributed by atoms with Crippen LogP contribution in [0.15, 0.2) is 12.2 Å². The van der Waals surface area contributed by atoms with Gasteiger partial charge in [0, 0.05) is 12.8 Å². The van der Waals surface area contributed by atoms with Crippen molar-refractivity contribution in [2.45, 2.75) is 257 Å². The summed E-state index contributed by atoms with van der Waals surface area (Å²) in [6.07, 6.45) is 47.0. The zero-order valence-corrected chi connectivity index (χ0v) is 37.1. The van der Waals surface area contributed by atoms with Gasteiger partial charge in [0.05, 0.1) is 13.2 Å². The fourth-order valence-corrected chi connectivity index (χ4v) is 7.27. The van der Waals surface area contributed by atoms with Crippen molar-refractivity contribution in [2.24, 2.45) is 0 Å². The standard InChI is InChI=1S/C48H90N2O7/c1-3-5-7-9-11-13-14-15-16-17-18-19-20-21-22-23-24-26-32-36-40-47(54)57-43(37-33-29-25-12-10-8-6-4-2)38-34-30-27-28-31-35-39-45(52)49-41-46(53)50-44(42-51)48(55)56/h33,37,43-44,51H,3-32,34-36,38-42H2,1-2H3,(H,49,52)(H,50,53)(H,55,56)/b37-33-. The molecule has 0 radical (unpaired) electrons. The number of amides is 2. The van der Waals surface area contributed by atoms with Crippen molar-refractivity contribution < 1.29 is 34.1 Å². The van der Waals surface area contributed by atoms with Crippen LogP contribution in [0.3, 0.4) is 0 Å². The molecule has 0 rings (SSSR count). The van der Waals surface area contributed by atoms with Crippen LogP contribution < -0.4 is 10.6 Å². The number of ether oxygens (including phenoxy) is 1. The Morgan fingerprint density at radius 3 is 1.37 bits per heavy atom. The lowest BCUT2D eigenvalue weighted by molar-refractivity contribution is -0.147. The van der Waals surface area contributed by atoms with Gasteiger partial charge in [-0.2, -0.15) is 0 Å². The Morgan fingerprint density at radius 1 is 0.526 bits per heavy atom. The molecule has 57 heavy (non-hydrogen) atoms. The zero-order valence-electron chi connectivity index (χ0n) is 37.1. The molecular formula is C48H90N2O7. The second-order valence-electron chi connectivity index (χ2n) is 16.6. The summed E-state index contributed by atoms with van der Waals surface area (Å²) < 4.78 is 5.96. The van der Waals surface area contributed by atoms with Gasteiger partial charge in [0.2, 0.25) is 11.8 Å². The number of carbonyl (C=O) groups excluding carboxylic acids is 3. The first-order valence-corrected chi connectivity index (χ1v) is 24.1. The van der Waals surface area contributed by atoms with Crippen LogP contribution in [0, 0.1) is 0 Å². The van der Waals surface area contributed by atoms with Crippen LogP contribution in [0.25, 0.3) is 0 Å². The van der Waals surface area contributed by atoms with Gasteiger partial charge in [0.1, 0.15) is 12.1 Å². The highest BCUT2D eigenvalue weighted by Crippen LogP contribution is 2.17. The fraction of sp³-hybridized carbons (Fsp3) is 0.875. The van der Waals surface area contributed by atoms with E-state index in [4.69, 9.17) is 14.9 Å². The number of carboxylic acids is 1. The largest absolute Gasteiger partial charge is 0.480 e. The number of aliphatic carboxylic acids is 1. The number of aliphatic hydroxyl groups excluding tert-OH is 1. The smallest absolute Gasteiger partial charge is 0.328 e. The molecule has 0 fully saturated rings. The molecule has 2 amide bonds. The number of aliphatic hydroxyl groups is 1. The molecule has 4 N–H and O–H groups in total. The van der Waals surface area contributed by atoms with E-state index in [0.717, 1.165) is 57.8 Å². The van der Waals surface area contributed by atoms with Gasteiger partial charge in [-0.25, -0.2) is 4.79 Å². The van der Waals surface area contributed by atoms with Gasteiger partial charge in [0.15, 0.2) is 0 Å². The van der Waals surface area contributed by atoms with E-state index in [1.807, 2.05) is 0 Å². The molecule has 0 aliphatic heterocycles. The molecule has 0 aliphatic carbocycles. The first-order valence-electron chi connectivity index (χ1n) is 24.1. The summed E-state index contributed by atoms with van der Waals surface area (Å²) in [6.45, 7) is 3.50. The number of carbonyl (C=O) groups is 4. The number of esters is 1. The molecule has 0 aromatic heterocycles. The van der Waals surface area contributed by atoms with E-state index in [2.05, 4.69) is 36.6 Å². The van der Waals surface area contributed by atoms with Crippen LogP contribution in [0.4, 0.5) is 0 Å². The maximum atomic E-state index is 12.8. The zero-order chi connectivity index (χ0) is 41.9. The highest BCUT2D eigenvalue weighted by atomic mass is 16.5. The van der Waals surface area contributed by atoms with Crippen molar-refractivity contribution >= 4 is 23.8 Å². The molecule has 0 bridgehead atoms. The van der Waals surface area contributed by atoms with Crippen LogP contribution in [-0.2, 0) is 23.9 Å². The predicted molar refractivity (Wildman–Crippen MR) is 236 cm³/mol. The molecule has 9 heteroatoms. The average Bonchev–Trinajstić information content (AvgIpc) is 3.20. The fourth-order valence-electron chi connectivity index (χ4n) is 7.27. The maximum Gasteiger partial charge on any atom is 0.328 e. The van der Waals surface area contributed by atoms with E-state index in [1.165, 1.54) is 154 Å². The van der Waals surface area contributed by atoms with Crippen molar-refractivity contribution in [3.63, 3.8) is 0 Å². The third kappa shape index (κ3) is 40.2. The molecule has 0 heterocycles. The summed E-state index contributed by atoms with van der Waals surface area (Å²) in [5.41, 5.74) is 0. The number of hydrogen-bond donors (Lipinski definition) is 4. The Morgan fingerprint density at radius 2 is 0.930 bits per heavy atom. The molecule has 334 valence electrons. The molecule has 2 unspecified atom stereocenters. The SMILES string of the molecule is CCCCCCCC/C=C\C(CCCCCCCCC(=O)NCC(=O)NC(CO)C(=O)O)OC(=O)CCCCCCCCCCCCCCCCCCCCCC. The second-order valence-corrected chi connectivity index (χ2v) is 16.6. The maximum absolute atomic E-state index is 12.8. The minimum Gasteiger partial charge on any atom is -0.480 e. The van der Waals surface area contributed by atoms with Crippen molar-refractivity contribution in [1.82, 2.24) is 10.6 Å². The van der Waals surface area contributed by atoms with E-state index in [1.54, 1.807) is 0 Å². The summed E-state index contributed by atoms with van der Waals surface area (Å²) in [5, 5.41) is 22.5. The molecule has 0 aromatic carbocycles. The lowest BCUT2D eigenvalue weighted by atomic mass is 10.0. The molecule has 2 atom stereocenters. The summed E-state index contributed by atoms with van der Waals surface area (Å²) in [5.74, 6) is -2.31. The average molecular weight is 807 g/mol. The first-order chi connectivity index (χ1) is 27.8. The van der Waals surface area contributed by atoms with Crippen molar-refractivity contribution in [2.75, 3.05) is 13.2 Å². The Bertz CT molecular complexity index is 972. The third-order valence-corrected chi connectivity index (χ3v) is 11.0. The minimum atomic E-state index is -1.38.